The van der Waals surface area contributed by atoms with Crippen molar-refractivity contribution in [2.75, 3.05) is 16.8 Å². The number of halogens is 1. The van der Waals surface area contributed by atoms with Gasteiger partial charge in [0.15, 0.2) is 5.75 Å². The minimum absolute atomic E-state index is 0.179. The van der Waals surface area contributed by atoms with Crippen LogP contribution in [-0.2, 0) is 0 Å². The van der Waals surface area contributed by atoms with Crippen molar-refractivity contribution in [1.82, 2.24) is 0 Å². The predicted octanol–water partition coefficient (Wildman–Crippen LogP) is 5.36. The average molecular weight is 393 g/mol. The molecule has 3 aromatic carbocycles. The van der Waals surface area contributed by atoms with E-state index < -0.39 is 0 Å². The molecular formula is C22H17ClN2O3. The lowest BCUT2D eigenvalue weighted by Gasteiger charge is -2.19. The number of hydrogen-bond acceptors (Lipinski definition) is 3. The number of para-hydroxylation sites is 2. The molecule has 5 nitrogen and oxygen atoms in total. The van der Waals surface area contributed by atoms with E-state index in [1.165, 1.54) is 0 Å². The topological polar surface area (TPSA) is 58.6 Å². The SMILES string of the molecule is CCN1C(=O)c2cc(NC(=O)c3cccc(Cl)c3)ccc2Oc2ccccc21. The Kier molecular flexibility index (Phi) is 4.75. The van der Waals surface area contributed by atoms with Crippen LogP contribution in [0, 0.1) is 0 Å². The third-order valence-corrected chi connectivity index (χ3v) is 4.73. The first-order chi connectivity index (χ1) is 13.6. The molecule has 2 amide bonds. The fourth-order valence-corrected chi connectivity index (χ4v) is 3.34. The summed E-state index contributed by atoms with van der Waals surface area (Å²) in [5.74, 6) is 0.586. The third-order valence-electron chi connectivity index (χ3n) is 4.49. The minimum Gasteiger partial charge on any atom is -0.454 e. The van der Waals surface area contributed by atoms with Gasteiger partial charge in [-0.1, -0.05) is 29.8 Å². The minimum atomic E-state index is -0.305. The maximum atomic E-state index is 13.1. The van der Waals surface area contributed by atoms with E-state index in [2.05, 4.69) is 5.32 Å². The van der Waals surface area contributed by atoms with E-state index in [1.54, 1.807) is 47.4 Å². The summed E-state index contributed by atoms with van der Waals surface area (Å²) in [5, 5.41) is 3.29. The highest BCUT2D eigenvalue weighted by Crippen LogP contribution is 2.39. The molecule has 0 atom stereocenters. The Morgan fingerprint density at radius 3 is 2.64 bits per heavy atom. The van der Waals surface area contributed by atoms with E-state index in [9.17, 15) is 9.59 Å². The van der Waals surface area contributed by atoms with Crippen molar-refractivity contribution in [1.29, 1.82) is 0 Å². The summed E-state index contributed by atoms with van der Waals surface area (Å²) in [4.78, 5) is 27.2. The smallest absolute Gasteiger partial charge is 0.262 e. The fraction of sp³-hybridized carbons (Fsp3) is 0.0909. The number of carbonyl (C=O) groups excluding carboxylic acids is 2. The maximum absolute atomic E-state index is 13.1. The van der Waals surface area contributed by atoms with Gasteiger partial charge in [-0.15, -0.1) is 0 Å². The number of fused-ring (bicyclic) bond motifs is 2. The molecule has 1 heterocycles. The number of hydrogen-bond donors (Lipinski definition) is 1. The summed E-state index contributed by atoms with van der Waals surface area (Å²) in [7, 11) is 0. The van der Waals surface area contributed by atoms with Crippen molar-refractivity contribution >= 4 is 34.8 Å². The van der Waals surface area contributed by atoms with Crippen LogP contribution in [0.2, 0.25) is 5.02 Å². The Hall–Kier alpha value is -3.31. The van der Waals surface area contributed by atoms with E-state index >= 15 is 0 Å². The first kappa shape index (κ1) is 18.1. The van der Waals surface area contributed by atoms with Gasteiger partial charge >= 0.3 is 0 Å². The van der Waals surface area contributed by atoms with Crippen LogP contribution >= 0.6 is 11.6 Å². The molecule has 0 saturated heterocycles. The van der Waals surface area contributed by atoms with Crippen LogP contribution in [0.1, 0.15) is 27.6 Å². The highest BCUT2D eigenvalue weighted by atomic mass is 35.5. The Morgan fingerprint density at radius 2 is 1.86 bits per heavy atom. The van der Waals surface area contributed by atoms with Crippen molar-refractivity contribution in [3.63, 3.8) is 0 Å². The van der Waals surface area contributed by atoms with Gasteiger partial charge in [-0.25, -0.2) is 0 Å². The highest BCUT2D eigenvalue weighted by Gasteiger charge is 2.27. The second-order valence-corrected chi connectivity index (χ2v) is 6.73. The molecule has 1 aliphatic heterocycles. The van der Waals surface area contributed by atoms with Gasteiger partial charge < -0.3 is 15.0 Å². The van der Waals surface area contributed by atoms with Crippen molar-refractivity contribution in [2.45, 2.75) is 6.92 Å². The van der Waals surface area contributed by atoms with Gasteiger partial charge in [0.1, 0.15) is 5.75 Å². The lowest BCUT2D eigenvalue weighted by atomic mass is 10.1. The predicted molar refractivity (Wildman–Crippen MR) is 110 cm³/mol. The zero-order valence-corrected chi connectivity index (χ0v) is 15.9. The number of nitrogens with zero attached hydrogens (tertiary/aromatic N) is 1. The summed E-state index contributed by atoms with van der Waals surface area (Å²) in [6.07, 6.45) is 0. The van der Waals surface area contributed by atoms with Crippen LogP contribution in [0.3, 0.4) is 0 Å². The number of anilines is 2. The van der Waals surface area contributed by atoms with E-state index in [4.69, 9.17) is 16.3 Å². The van der Waals surface area contributed by atoms with Crippen molar-refractivity contribution in [3.8, 4) is 11.5 Å². The Morgan fingerprint density at radius 1 is 1.04 bits per heavy atom. The van der Waals surface area contributed by atoms with Crippen molar-refractivity contribution in [2.24, 2.45) is 0 Å². The molecule has 0 unspecified atom stereocenters. The molecule has 140 valence electrons. The molecule has 0 spiro atoms. The first-order valence-corrected chi connectivity index (χ1v) is 9.24. The number of nitrogens with one attached hydrogen (secondary N) is 1. The van der Waals surface area contributed by atoms with Crippen molar-refractivity contribution < 1.29 is 14.3 Å². The molecule has 0 aromatic heterocycles. The molecule has 4 rings (SSSR count). The van der Waals surface area contributed by atoms with Crippen molar-refractivity contribution in [3.05, 3.63) is 82.9 Å². The molecule has 0 bridgehead atoms. The molecule has 0 radical (unpaired) electrons. The first-order valence-electron chi connectivity index (χ1n) is 8.86. The highest BCUT2D eigenvalue weighted by molar-refractivity contribution is 6.31. The lowest BCUT2D eigenvalue weighted by Crippen LogP contribution is -2.29. The average Bonchev–Trinajstić information content (AvgIpc) is 2.82. The number of ether oxygens (including phenoxy) is 1. The second-order valence-electron chi connectivity index (χ2n) is 6.29. The summed E-state index contributed by atoms with van der Waals surface area (Å²) < 4.78 is 5.97. The second kappa shape index (κ2) is 7.37. The van der Waals surface area contributed by atoms with Crippen LogP contribution in [0.25, 0.3) is 0 Å². The Labute approximate surface area is 167 Å². The van der Waals surface area contributed by atoms with E-state index in [0.29, 0.717) is 39.9 Å². The van der Waals surface area contributed by atoms with Gasteiger partial charge in [0.05, 0.1) is 11.3 Å². The molecule has 0 saturated carbocycles. The molecule has 1 aliphatic rings. The zero-order valence-electron chi connectivity index (χ0n) is 15.1. The maximum Gasteiger partial charge on any atom is 0.262 e. The van der Waals surface area contributed by atoms with Gasteiger partial charge in [0, 0.05) is 22.8 Å². The van der Waals surface area contributed by atoms with Crippen LogP contribution in [0.15, 0.2) is 66.7 Å². The quantitative estimate of drug-likeness (QED) is 0.652. The van der Waals surface area contributed by atoms with Gasteiger partial charge in [-0.05, 0) is 55.5 Å². The summed E-state index contributed by atoms with van der Waals surface area (Å²) in [6, 6.07) is 19.1. The summed E-state index contributed by atoms with van der Waals surface area (Å²) in [5.41, 5.74) is 2.05. The van der Waals surface area contributed by atoms with Gasteiger partial charge in [-0.3, -0.25) is 9.59 Å². The van der Waals surface area contributed by atoms with Crippen LogP contribution in [0.5, 0.6) is 11.5 Å². The van der Waals surface area contributed by atoms with Crippen LogP contribution in [-0.4, -0.2) is 18.4 Å². The van der Waals surface area contributed by atoms with Gasteiger partial charge in [-0.2, -0.15) is 0 Å². The Balaban J connectivity index is 1.68. The molecule has 6 heteroatoms. The molecule has 0 fully saturated rings. The molecular weight excluding hydrogens is 376 g/mol. The standard InChI is InChI=1S/C22H17ClN2O3/c1-2-25-18-8-3-4-9-20(18)28-19-11-10-16(13-17(19)22(25)27)24-21(26)14-6-5-7-15(23)12-14/h3-13H,2H2,1H3,(H,24,26). The van der Waals surface area contributed by atoms with Gasteiger partial charge in [0.2, 0.25) is 0 Å². The van der Waals surface area contributed by atoms with E-state index in [1.807, 2.05) is 31.2 Å². The number of benzene rings is 3. The number of rotatable bonds is 3. The molecule has 3 aromatic rings. The normalized spacial score (nSPS) is 12.5. The zero-order chi connectivity index (χ0) is 19.7. The summed E-state index contributed by atoms with van der Waals surface area (Å²) >= 11 is 5.95. The summed E-state index contributed by atoms with van der Waals surface area (Å²) in [6.45, 7) is 2.40. The third kappa shape index (κ3) is 3.32. The molecule has 0 aliphatic carbocycles. The number of amides is 2. The molecule has 1 N–H and O–H groups in total. The van der Waals surface area contributed by atoms with Gasteiger partial charge in [0.25, 0.3) is 11.8 Å². The lowest BCUT2D eigenvalue weighted by molar-refractivity contribution is 0.0985. The van der Waals surface area contributed by atoms with E-state index in [0.717, 1.165) is 5.69 Å². The van der Waals surface area contributed by atoms with E-state index in [-0.39, 0.29) is 11.8 Å². The van der Waals surface area contributed by atoms with Crippen LogP contribution < -0.4 is 15.0 Å². The monoisotopic (exact) mass is 392 g/mol. The van der Waals surface area contributed by atoms with Crippen LogP contribution in [0.4, 0.5) is 11.4 Å². The number of carbonyl (C=O) groups is 2. The largest absolute Gasteiger partial charge is 0.454 e. The fourth-order valence-electron chi connectivity index (χ4n) is 3.15. The molecule has 28 heavy (non-hydrogen) atoms. The Bertz CT molecular complexity index is 1080.